The highest BCUT2D eigenvalue weighted by Gasteiger charge is 2.40. The van der Waals surface area contributed by atoms with Crippen molar-refractivity contribution in [2.24, 2.45) is 0 Å². The summed E-state index contributed by atoms with van der Waals surface area (Å²) in [7, 11) is 6.52. The lowest BCUT2D eigenvalue weighted by Gasteiger charge is -2.35. The van der Waals surface area contributed by atoms with Gasteiger partial charge in [-0.05, 0) is 31.8 Å². The molecule has 10 heteroatoms. The van der Waals surface area contributed by atoms with Crippen molar-refractivity contribution in [1.82, 2.24) is 9.80 Å². The average Bonchev–Trinajstić information content (AvgIpc) is 2.75. The van der Waals surface area contributed by atoms with E-state index in [9.17, 15) is 22.8 Å². The molecular formula is C22H24F3N3O4. The predicted octanol–water partition coefficient (Wildman–Crippen LogP) is 3.42. The number of ether oxygens (including phenoxy) is 2. The first-order valence-corrected chi connectivity index (χ1v) is 9.59. The van der Waals surface area contributed by atoms with Crippen LogP contribution in [0, 0.1) is 6.57 Å². The SMILES string of the molecule is [C-]#[N+]C1=C(COC=O)C(c2ccc(C(F)(F)F)cc2)C(C(=O)OC)=C(CCN(C)C)N1C. The van der Waals surface area contributed by atoms with Crippen molar-refractivity contribution in [3.8, 4) is 0 Å². The zero-order valence-corrected chi connectivity index (χ0v) is 18.2. The Morgan fingerprint density at radius 2 is 1.91 bits per heavy atom. The quantitative estimate of drug-likeness (QED) is 0.343. The van der Waals surface area contributed by atoms with Crippen molar-refractivity contribution >= 4 is 12.4 Å². The Labute approximate surface area is 184 Å². The molecule has 0 spiro atoms. The number of hydrogen-bond acceptors (Lipinski definition) is 6. The minimum Gasteiger partial charge on any atom is -0.466 e. The van der Waals surface area contributed by atoms with Crippen LogP contribution in [0.25, 0.3) is 4.85 Å². The fourth-order valence-corrected chi connectivity index (χ4v) is 3.62. The summed E-state index contributed by atoms with van der Waals surface area (Å²) in [6.45, 7) is 8.12. The second-order valence-corrected chi connectivity index (χ2v) is 7.38. The van der Waals surface area contributed by atoms with Gasteiger partial charge in [0.25, 0.3) is 6.47 Å². The molecule has 1 aliphatic heterocycles. The molecule has 2 rings (SSSR count). The van der Waals surface area contributed by atoms with Crippen LogP contribution < -0.4 is 0 Å². The molecule has 1 aromatic rings. The van der Waals surface area contributed by atoms with Crippen LogP contribution in [0.5, 0.6) is 0 Å². The minimum absolute atomic E-state index is 0.137. The van der Waals surface area contributed by atoms with Crippen LogP contribution in [0.1, 0.15) is 23.5 Å². The van der Waals surface area contributed by atoms with E-state index in [-0.39, 0.29) is 30.0 Å². The summed E-state index contributed by atoms with van der Waals surface area (Å²) in [5.74, 6) is -1.46. The van der Waals surface area contributed by atoms with Crippen molar-refractivity contribution in [1.29, 1.82) is 0 Å². The number of benzene rings is 1. The van der Waals surface area contributed by atoms with Gasteiger partial charge in [-0.1, -0.05) is 18.7 Å². The lowest BCUT2D eigenvalue weighted by molar-refractivity contribution is -0.138. The van der Waals surface area contributed by atoms with E-state index >= 15 is 0 Å². The second kappa shape index (κ2) is 10.3. The summed E-state index contributed by atoms with van der Waals surface area (Å²) in [4.78, 5) is 30.8. The lowest BCUT2D eigenvalue weighted by Crippen LogP contribution is -2.34. The van der Waals surface area contributed by atoms with Gasteiger partial charge < -0.3 is 19.2 Å². The van der Waals surface area contributed by atoms with Crippen LogP contribution in [0.2, 0.25) is 0 Å². The minimum atomic E-state index is -4.52. The monoisotopic (exact) mass is 451 g/mol. The normalized spacial score (nSPS) is 16.8. The third-order valence-corrected chi connectivity index (χ3v) is 5.14. The maximum absolute atomic E-state index is 13.1. The second-order valence-electron chi connectivity index (χ2n) is 7.38. The van der Waals surface area contributed by atoms with Crippen molar-refractivity contribution in [3.05, 3.63) is 69.5 Å². The highest BCUT2D eigenvalue weighted by Crippen LogP contribution is 2.44. The summed E-state index contributed by atoms with van der Waals surface area (Å²) in [6.07, 6.45) is -4.14. The molecule has 0 radical (unpaired) electrons. The Bertz CT molecular complexity index is 960. The highest BCUT2D eigenvalue weighted by atomic mass is 19.4. The summed E-state index contributed by atoms with van der Waals surface area (Å²) >= 11 is 0. The van der Waals surface area contributed by atoms with Crippen LogP contribution in [0.4, 0.5) is 13.2 Å². The first kappa shape index (κ1) is 24.9. The first-order chi connectivity index (χ1) is 15.1. The van der Waals surface area contributed by atoms with Crippen LogP contribution in [-0.4, -0.2) is 63.6 Å². The van der Waals surface area contributed by atoms with Gasteiger partial charge in [0.1, 0.15) is 6.61 Å². The van der Waals surface area contributed by atoms with Crippen molar-refractivity contribution < 1.29 is 32.2 Å². The van der Waals surface area contributed by atoms with Gasteiger partial charge in [0.2, 0.25) is 5.82 Å². The molecule has 1 aromatic carbocycles. The number of methoxy groups -OCH3 is 1. The number of alkyl halides is 3. The number of halogens is 3. The van der Waals surface area contributed by atoms with E-state index in [2.05, 4.69) is 4.85 Å². The number of esters is 1. The molecule has 0 bridgehead atoms. The van der Waals surface area contributed by atoms with Gasteiger partial charge in [-0.15, -0.1) is 0 Å². The van der Waals surface area contributed by atoms with Gasteiger partial charge in [-0.2, -0.15) is 13.2 Å². The maximum Gasteiger partial charge on any atom is 0.416 e. The van der Waals surface area contributed by atoms with E-state index in [0.29, 0.717) is 24.2 Å². The van der Waals surface area contributed by atoms with Gasteiger partial charge in [0.15, 0.2) is 0 Å². The summed E-state index contributed by atoms with van der Waals surface area (Å²) in [6, 6.07) is 4.34. The molecule has 172 valence electrons. The van der Waals surface area contributed by atoms with E-state index < -0.39 is 23.6 Å². The van der Waals surface area contributed by atoms with Gasteiger partial charge in [-0.25, -0.2) is 4.79 Å². The third kappa shape index (κ3) is 5.29. The Kier molecular flexibility index (Phi) is 8.05. The van der Waals surface area contributed by atoms with Crippen molar-refractivity contribution in [2.45, 2.75) is 18.5 Å². The average molecular weight is 451 g/mol. The molecule has 1 unspecified atom stereocenters. The van der Waals surface area contributed by atoms with E-state index in [0.717, 1.165) is 12.1 Å². The Hall–Kier alpha value is -3.32. The van der Waals surface area contributed by atoms with Crippen molar-refractivity contribution in [3.63, 3.8) is 0 Å². The number of nitrogens with zero attached hydrogens (tertiary/aromatic N) is 3. The highest BCUT2D eigenvalue weighted by molar-refractivity contribution is 5.92. The fraction of sp³-hybridized carbons (Fsp3) is 0.409. The number of carbonyl (C=O) groups is 2. The molecule has 0 fully saturated rings. The van der Waals surface area contributed by atoms with Gasteiger partial charge in [0, 0.05) is 24.5 Å². The molecule has 1 atom stereocenters. The standard InChI is InChI=1S/C22H24F3N3O4/c1-26-20-16(12-32-13-29)18(14-6-8-15(9-7-14)22(23,24)25)19(21(30)31-5)17(28(20)4)10-11-27(2)3/h6-9,13,18H,10-12H2,2-5H3. The number of hydrogen-bond donors (Lipinski definition) is 0. The molecule has 7 nitrogen and oxygen atoms in total. The smallest absolute Gasteiger partial charge is 0.416 e. The number of rotatable bonds is 8. The zero-order chi connectivity index (χ0) is 24.1. The topological polar surface area (TPSA) is 63.4 Å². The van der Waals surface area contributed by atoms with E-state index in [1.165, 1.54) is 19.2 Å². The van der Waals surface area contributed by atoms with Gasteiger partial charge >= 0.3 is 12.1 Å². The molecule has 0 saturated carbocycles. The maximum atomic E-state index is 13.1. The fourth-order valence-electron chi connectivity index (χ4n) is 3.62. The molecule has 1 aliphatic rings. The Balaban J connectivity index is 2.76. The van der Waals surface area contributed by atoms with Gasteiger partial charge in [-0.3, -0.25) is 9.69 Å². The van der Waals surface area contributed by atoms with Crippen LogP contribution in [0.15, 0.2) is 46.9 Å². The predicted molar refractivity (Wildman–Crippen MR) is 110 cm³/mol. The van der Waals surface area contributed by atoms with E-state index in [4.69, 9.17) is 16.0 Å². The molecule has 0 aromatic heterocycles. The molecule has 32 heavy (non-hydrogen) atoms. The number of carbonyl (C=O) groups excluding carboxylic acids is 2. The summed E-state index contributed by atoms with van der Waals surface area (Å²) < 4.78 is 49.1. The van der Waals surface area contributed by atoms with Gasteiger partial charge in [0.05, 0.1) is 31.0 Å². The molecule has 0 aliphatic carbocycles. The molecule has 0 N–H and O–H groups in total. The zero-order valence-electron chi connectivity index (χ0n) is 18.2. The summed E-state index contributed by atoms with van der Waals surface area (Å²) in [5.41, 5.74) is 0.485. The van der Waals surface area contributed by atoms with E-state index in [1.54, 1.807) is 11.9 Å². The van der Waals surface area contributed by atoms with Crippen LogP contribution in [0.3, 0.4) is 0 Å². The van der Waals surface area contributed by atoms with E-state index in [1.807, 2.05) is 19.0 Å². The van der Waals surface area contributed by atoms with Crippen LogP contribution in [-0.2, 0) is 25.2 Å². The Morgan fingerprint density at radius 1 is 1.28 bits per heavy atom. The van der Waals surface area contributed by atoms with Crippen molar-refractivity contribution in [2.75, 3.05) is 41.4 Å². The largest absolute Gasteiger partial charge is 0.466 e. The molecule has 0 saturated heterocycles. The first-order valence-electron chi connectivity index (χ1n) is 9.59. The third-order valence-electron chi connectivity index (χ3n) is 5.14. The summed E-state index contributed by atoms with van der Waals surface area (Å²) in [5, 5.41) is 0. The lowest BCUT2D eigenvalue weighted by atomic mass is 9.80. The Morgan fingerprint density at radius 3 is 2.38 bits per heavy atom. The van der Waals surface area contributed by atoms with Crippen LogP contribution >= 0.6 is 0 Å². The molecule has 0 amide bonds. The molecular weight excluding hydrogens is 427 g/mol. The molecule has 1 heterocycles.